The van der Waals surface area contributed by atoms with Crippen molar-refractivity contribution in [2.45, 2.75) is 19.4 Å². The monoisotopic (exact) mass is 844 g/mol. The van der Waals surface area contributed by atoms with Gasteiger partial charge in [-0.05, 0) is 99.3 Å². The lowest BCUT2D eigenvalue weighted by Crippen LogP contribution is -2.28. The fourth-order valence-electron chi connectivity index (χ4n) is 10.9. The third kappa shape index (κ3) is 6.06. The molecule has 2 unspecified atom stereocenters. The Kier molecular flexibility index (Phi) is 8.92. The van der Waals surface area contributed by atoms with Crippen molar-refractivity contribution in [3.05, 3.63) is 241 Å². The molecule has 0 amide bonds. The molecule has 10 aromatic carbocycles. The summed E-state index contributed by atoms with van der Waals surface area (Å²) in [4.78, 5) is 11.0. The molecule has 12 aromatic rings. The zero-order chi connectivity index (χ0) is 43.7. The fraction of sp³-hybridized carbons (Fsp3) is 0.0645. The number of nitrogens with zero attached hydrogens (tertiary/aromatic N) is 4. The van der Waals surface area contributed by atoms with E-state index in [1.54, 1.807) is 0 Å². The second-order valence-corrected chi connectivity index (χ2v) is 17.6. The quantitative estimate of drug-likeness (QED) is 0.153. The zero-order valence-electron chi connectivity index (χ0n) is 36.5. The van der Waals surface area contributed by atoms with Crippen LogP contribution in [0.25, 0.3) is 87.7 Å². The van der Waals surface area contributed by atoms with Crippen molar-refractivity contribution in [3.8, 4) is 22.5 Å². The van der Waals surface area contributed by atoms with Crippen molar-refractivity contribution in [2.24, 2.45) is 15.9 Å². The first-order valence-electron chi connectivity index (χ1n) is 23.1. The van der Waals surface area contributed by atoms with E-state index in [1.165, 1.54) is 76.3 Å². The van der Waals surface area contributed by atoms with E-state index >= 15 is 0 Å². The third-order valence-corrected chi connectivity index (χ3v) is 13.9. The zero-order valence-corrected chi connectivity index (χ0v) is 36.5. The first-order valence-corrected chi connectivity index (χ1v) is 23.1. The molecule has 4 nitrogen and oxygen atoms in total. The SMILES string of the molecule is CCC1C(c2cccc3cc(-n4c5ccccc5c5cc6c7c8ccccc8ccc7n(-c7ccccc7)c6cc54)ccc23)=NC(c2cccc(-c3ccccc3)c2)=NC1c1ccccc1. The molecule has 13 rings (SSSR count). The van der Waals surface area contributed by atoms with Crippen LogP contribution < -0.4 is 0 Å². The molecule has 0 bridgehead atoms. The molecule has 0 fully saturated rings. The molecule has 4 heteroatoms. The van der Waals surface area contributed by atoms with E-state index in [2.05, 4.69) is 241 Å². The molecule has 0 saturated carbocycles. The Morgan fingerprint density at radius 3 is 1.91 bits per heavy atom. The van der Waals surface area contributed by atoms with Crippen LogP contribution in [0.2, 0.25) is 0 Å². The number of fused-ring (bicyclic) bond motifs is 9. The summed E-state index contributed by atoms with van der Waals surface area (Å²) < 4.78 is 4.91. The van der Waals surface area contributed by atoms with Gasteiger partial charge in [-0.1, -0.05) is 177 Å². The number of hydrogen-bond acceptors (Lipinski definition) is 2. The van der Waals surface area contributed by atoms with Crippen molar-refractivity contribution in [1.29, 1.82) is 0 Å². The van der Waals surface area contributed by atoms with Gasteiger partial charge < -0.3 is 9.13 Å². The predicted octanol–water partition coefficient (Wildman–Crippen LogP) is 15.9. The molecule has 66 heavy (non-hydrogen) atoms. The number of aromatic nitrogens is 2. The fourth-order valence-corrected chi connectivity index (χ4v) is 10.9. The standard InChI is InChI=1S/C62H44N4/c1-2-48-60(42-21-8-4-9-22-42)63-62(45-25-16-23-43(36-45)40-18-6-3-7-19-40)64-61(48)52-30-17-24-44-37-47(33-34-49(44)52)66-55-31-15-14-29-51(55)53-38-54-58(39-57(53)66)65(46-26-10-5-11-27-46)56-35-32-41-20-12-13-28-50(41)59(54)56/h3-39,48,60H,2H2,1H3. The minimum Gasteiger partial charge on any atom is -0.309 e. The van der Waals surface area contributed by atoms with Gasteiger partial charge in [-0.2, -0.15) is 0 Å². The van der Waals surface area contributed by atoms with Crippen molar-refractivity contribution < 1.29 is 0 Å². The summed E-state index contributed by atoms with van der Waals surface area (Å²) in [6.45, 7) is 2.27. The van der Waals surface area contributed by atoms with Gasteiger partial charge in [0.2, 0.25) is 0 Å². The lowest BCUT2D eigenvalue weighted by Gasteiger charge is -2.30. The lowest BCUT2D eigenvalue weighted by molar-refractivity contribution is 0.533. The summed E-state index contributed by atoms with van der Waals surface area (Å²) in [6.07, 6.45) is 0.902. The second kappa shape index (κ2) is 15.4. The van der Waals surface area contributed by atoms with Gasteiger partial charge in [0.15, 0.2) is 5.84 Å². The Bertz CT molecular complexity index is 3910. The number of aliphatic imine (C=N–C) groups is 2. The van der Waals surface area contributed by atoms with Gasteiger partial charge in [0, 0.05) is 50.0 Å². The Hall–Kier alpha value is -8.34. The highest BCUT2D eigenvalue weighted by Gasteiger charge is 2.32. The van der Waals surface area contributed by atoms with Gasteiger partial charge in [0.25, 0.3) is 0 Å². The van der Waals surface area contributed by atoms with Crippen LogP contribution in [0.4, 0.5) is 0 Å². The normalized spacial score (nSPS) is 15.3. The Morgan fingerprint density at radius 1 is 0.409 bits per heavy atom. The highest BCUT2D eigenvalue weighted by molar-refractivity contribution is 6.25. The maximum atomic E-state index is 5.55. The van der Waals surface area contributed by atoms with Crippen molar-refractivity contribution in [2.75, 3.05) is 0 Å². The van der Waals surface area contributed by atoms with E-state index in [9.17, 15) is 0 Å². The molecule has 0 N–H and O–H groups in total. The summed E-state index contributed by atoms with van der Waals surface area (Å²) in [6, 6.07) is 81.5. The van der Waals surface area contributed by atoms with Crippen molar-refractivity contribution in [3.63, 3.8) is 0 Å². The first kappa shape index (κ1) is 38.1. The largest absolute Gasteiger partial charge is 0.309 e. The molecular formula is C62H44N4. The van der Waals surface area contributed by atoms with Gasteiger partial charge in [0.05, 0.1) is 33.8 Å². The van der Waals surface area contributed by atoms with Gasteiger partial charge in [-0.25, -0.2) is 4.99 Å². The Labute approximate surface area is 383 Å². The van der Waals surface area contributed by atoms with Gasteiger partial charge in [0.1, 0.15) is 0 Å². The molecule has 2 atom stereocenters. The summed E-state index contributed by atoms with van der Waals surface area (Å²) >= 11 is 0. The smallest absolute Gasteiger partial charge is 0.155 e. The van der Waals surface area contributed by atoms with E-state index < -0.39 is 0 Å². The third-order valence-electron chi connectivity index (χ3n) is 13.9. The molecule has 0 saturated heterocycles. The first-order chi connectivity index (χ1) is 32.7. The predicted molar refractivity (Wildman–Crippen MR) is 278 cm³/mol. The van der Waals surface area contributed by atoms with Crippen LogP contribution in [-0.4, -0.2) is 20.7 Å². The number of benzene rings is 10. The van der Waals surface area contributed by atoms with E-state index in [4.69, 9.17) is 9.98 Å². The van der Waals surface area contributed by atoms with E-state index in [0.717, 1.165) is 46.0 Å². The summed E-state index contributed by atoms with van der Waals surface area (Å²) in [5, 5.41) is 9.89. The molecule has 0 spiro atoms. The van der Waals surface area contributed by atoms with E-state index in [1.807, 2.05) is 0 Å². The minimum atomic E-state index is -0.0764. The van der Waals surface area contributed by atoms with E-state index in [0.29, 0.717) is 0 Å². The minimum absolute atomic E-state index is 0.0764. The Balaban J connectivity index is 1.00. The highest BCUT2D eigenvalue weighted by atomic mass is 15.0. The van der Waals surface area contributed by atoms with Crippen molar-refractivity contribution >= 4 is 76.7 Å². The van der Waals surface area contributed by atoms with Crippen LogP contribution in [0.5, 0.6) is 0 Å². The molecule has 0 radical (unpaired) electrons. The average Bonchev–Trinajstić information content (AvgIpc) is 3.90. The molecule has 1 aliphatic heterocycles. The number of para-hydroxylation sites is 2. The molecular weight excluding hydrogens is 801 g/mol. The van der Waals surface area contributed by atoms with Crippen LogP contribution in [-0.2, 0) is 0 Å². The maximum Gasteiger partial charge on any atom is 0.155 e. The van der Waals surface area contributed by atoms with Gasteiger partial charge in [-0.3, -0.25) is 4.99 Å². The van der Waals surface area contributed by atoms with Crippen molar-refractivity contribution in [1.82, 2.24) is 9.13 Å². The summed E-state index contributed by atoms with van der Waals surface area (Å²) in [7, 11) is 0. The van der Waals surface area contributed by atoms with Crippen LogP contribution in [0.1, 0.15) is 36.1 Å². The topological polar surface area (TPSA) is 34.6 Å². The average molecular weight is 845 g/mol. The van der Waals surface area contributed by atoms with Crippen LogP contribution in [0, 0.1) is 5.92 Å². The number of hydrogen-bond donors (Lipinski definition) is 0. The Morgan fingerprint density at radius 2 is 1.08 bits per heavy atom. The van der Waals surface area contributed by atoms with Crippen LogP contribution in [0.3, 0.4) is 0 Å². The lowest BCUT2D eigenvalue weighted by atomic mass is 9.82. The van der Waals surface area contributed by atoms with Gasteiger partial charge in [-0.15, -0.1) is 0 Å². The van der Waals surface area contributed by atoms with Gasteiger partial charge >= 0.3 is 0 Å². The molecule has 0 aliphatic carbocycles. The number of rotatable bonds is 7. The highest BCUT2D eigenvalue weighted by Crippen LogP contribution is 2.43. The molecule has 312 valence electrons. The summed E-state index contributed by atoms with van der Waals surface area (Å²) in [5.74, 6) is 0.861. The van der Waals surface area contributed by atoms with Crippen LogP contribution >= 0.6 is 0 Å². The molecule has 3 heterocycles. The molecule has 1 aliphatic rings. The second-order valence-electron chi connectivity index (χ2n) is 17.6. The van der Waals surface area contributed by atoms with Crippen LogP contribution in [0.15, 0.2) is 234 Å². The number of amidine groups is 1. The maximum absolute atomic E-state index is 5.55. The molecule has 2 aromatic heterocycles. The van der Waals surface area contributed by atoms with E-state index in [-0.39, 0.29) is 12.0 Å². The summed E-state index contributed by atoms with van der Waals surface area (Å²) in [5.41, 5.74) is 13.8.